The van der Waals surface area contributed by atoms with Crippen LogP contribution in [0.5, 0.6) is 0 Å². The van der Waals surface area contributed by atoms with Gasteiger partial charge >= 0.3 is 0 Å². The average Bonchev–Trinajstić information content (AvgIpc) is 3.03. The van der Waals surface area contributed by atoms with E-state index in [1.165, 1.54) is 0 Å². The summed E-state index contributed by atoms with van der Waals surface area (Å²) in [5.41, 5.74) is 3.03. The summed E-state index contributed by atoms with van der Waals surface area (Å²) in [6.07, 6.45) is 2.59. The molecule has 6 nitrogen and oxygen atoms in total. The normalized spacial score (nSPS) is 11.2. The fourth-order valence-corrected chi connectivity index (χ4v) is 2.42. The van der Waals surface area contributed by atoms with Gasteiger partial charge in [0.15, 0.2) is 5.96 Å². The van der Waals surface area contributed by atoms with Crippen molar-refractivity contribution in [2.75, 3.05) is 13.1 Å². The minimum absolute atomic E-state index is 0. The molecule has 2 heterocycles. The molecule has 0 unspecified atom stereocenters. The quantitative estimate of drug-likeness (QED) is 0.307. The first-order chi connectivity index (χ1) is 11.8. The van der Waals surface area contributed by atoms with Crippen molar-refractivity contribution in [2.24, 2.45) is 4.99 Å². The summed E-state index contributed by atoms with van der Waals surface area (Å²) in [4.78, 5) is 16.8. The Hall–Kier alpha value is -2.16. The number of H-pyrrole nitrogens is 1. The molecule has 7 heteroatoms. The van der Waals surface area contributed by atoms with Gasteiger partial charge in [-0.05, 0) is 31.2 Å². The molecule has 2 aromatic heterocycles. The van der Waals surface area contributed by atoms with Gasteiger partial charge in [0, 0.05) is 25.7 Å². The third-order valence-electron chi connectivity index (χ3n) is 3.56. The topological polar surface area (TPSA) is 78.0 Å². The molecule has 1 aromatic carbocycles. The number of aromatic nitrogens is 3. The average molecular weight is 450 g/mol. The van der Waals surface area contributed by atoms with Gasteiger partial charge in [0.05, 0.1) is 23.3 Å². The highest BCUT2D eigenvalue weighted by Crippen LogP contribution is 2.10. The molecule has 0 aliphatic heterocycles. The molecule has 3 rings (SSSR count). The fourth-order valence-electron chi connectivity index (χ4n) is 2.42. The lowest BCUT2D eigenvalue weighted by Gasteiger charge is -2.10. The molecule has 0 fully saturated rings. The molecular weight excluding hydrogens is 427 g/mol. The second-order valence-electron chi connectivity index (χ2n) is 5.39. The van der Waals surface area contributed by atoms with Crippen LogP contribution in [0, 0.1) is 0 Å². The van der Waals surface area contributed by atoms with Gasteiger partial charge in [-0.15, -0.1) is 24.0 Å². The maximum Gasteiger partial charge on any atom is 0.191 e. The zero-order chi connectivity index (χ0) is 16.6. The number of benzene rings is 1. The van der Waals surface area contributed by atoms with E-state index in [2.05, 4.69) is 37.5 Å². The number of aromatic amines is 1. The lowest BCUT2D eigenvalue weighted by atomic mass is 10.3. The highest BCUT2D eigenvalue weighted by Gasteiger charge is 2.03. The molecule has 0 aliphatic rings. The van der Waals surface area contributed by atoms with Crippen LogP contribution in [-0.4, -0.2) is 34.0 Å². The molecule has 0 bridgehead atoms. The van der Waals surface area contributed by atoms with E-state index < -0.39 is 0 Å². The number of para-hydroxylation sites is 2. The number of halogens is 1. The molecular formula is C18H23IN6. The molecule has 132 valence electrons. The SMILES string of the molecule is CCNC(=NCc1ccccn1)NCCc1nc2ccccc2[nH]1.I. The van der Waals surface area contributed by atoms with Gasteiger partial charge in [0.25, 0.3) is 0 Å². The smallest absolute Gasteiger partial charge is 0.191 e. The van der Waals surface area contributed by atoms with Crippen LogP contribution >= 0.6 is 24.0 Å². The maximum absolute atomic E-state index is 4.58. The second kappa shape index (κ2) is 9.97. The first-order valence-electron chi connectivity index (χ1n) is 8.21. The molecule has 3 N–H and O–H groups in total. The van der Waals surface area contributed by atoms with Crippen LogP contribution in [0.25, 0.3) is 11.0 Å². The highest BCUT2D eigenvalue weighted by molar-refractivity contribution is 14.0. The van der Waals surface area contributed by atoms with Crippen molar-refractivity contribution in [2.45, 2.75) is 19.9 Å². The van der Waals surface area contributed by atoms with Crippen molar-refractivity contribution >= 4 is 41.0 Å². The van der Waals surface area contributed by atoms with Crippen molar-refractivity contribution < 1.29 is 0 Å². The molecule has 0 spiro atoms. The molecule has 0 atom stereocenters. The molecule has 0 amide bonds. The Bertz CT molecular complexity index is 766. The maximum atomic E-state index is 4.58. The number of hydrogen-bond acceptors (Lipinski definition) is 3. The van der Waals surface area contributed by atoms with Gasteiger partial charge in [-0.25, -0.2) is 9.98 Å². The fraction of sp³-hybridized carbons (Fsp3) is 0.278. The molecule has 0 aliphatic carbocycles. The predicted molar refractivity (Wildman–Crippen MR) is 112 cm³/mol. The van der Waals surface area contributed by atoms with E-state index in [1.54, 1.807) is 6.20 Å². The van der Waals surface area contributed by atoms with E-state index in [0.29, 0.717) is 6.54 Å². The van der Waals surface area contributed by atoms with Crippen LogP contribution in [0.4, 0.5) is 0 Å². The summed E-state index contributed by atoms with van der Waals surface area (Å²) >= 11 is 0. The predicted octanol–water partition coefficient (Wildman–Crippen LogP) is 2.87. The van der Waals surface area contributed by atoms with Crippen LogP contribution in [0.1, 0.15) is 18.4 Å². The number of guanidine groups is 1. The third-order valence-corrected chi connectivity index (χ3v) is 3.56. The monoisotopic (exact) mass is 450 g/mol. The number of fused-ring (bicyclic) bond motifs is 1. The Labute approximate surface area is 164 Å². The van der Waals surface area contributed by atoms with Gasteiger partial charge in [-0.1, -0.05) is 18.2 Å². The zero-order valence-corrected chi connectivity index (χ0v) is 16.5. The van der Waals surface area contributed by atoms with Gasteiger partial charge < -0.3 is 15.6 Å². The van der Waals surface area contributed by atoms with Gasteiger partial charge in [0.1, 0.15) is 5.82 Å². The number of nitrogens with one attached hydrogen (secondary N) is 3. The summed E-state index contributed by atoms with van der Waals surface area (Å²) in [6.45, 7) is 4.19. The van der Waals surface area contributed by atoms with E-state index in [9.17, 15) is 0 Å². The van der Waals surface area contributed by atoms with Gasteiger partial charge in [-0.3, -0.25) is 4.98 Å². The Morgan fingerprint density at radius 2 is 1.96 bits per heavy atom. The van der Waals surface area contributed by atoms with Crippen LogP contribution < -0.4 is 10.6 Å². The van der Waals surface area contributed by atoms with E-state index >= 15 is 0 Å². The number of aliphatic imine (C=N–C) groups is 1. The van der Waals surface area contributed by atoms with Crippen LogP contribution in [0.3, 0.4) is 0 Å². The number of rotatable bonds is 6. The number of hydrogen-bond donors (Lipinski definition) is 3. The summed E-state index contributed by atoms with van der Waals surface area (Å²) in [7, 11) is 0. The second-order valence-corrected chi connectivity index (χ2v) is 5.39. The summed E-state index contributed by atoms with van der Waals surface area (Å²) < 4.78 is 0. The number of nitrogens with zero attached hydrogens (tertiary/aromatic N) is 3. The van der Waals surface area contributed by atoms with Crippen molar-refractivity contribution in [3.63, 3.8) is 0 Å². The number of imidazole rings is 1. The largest absolute Gasteiger partial charge is 0.357 e. The standard InChI is InChI=1S/C18H22N6.HI/c1-2-19-18(22-13-14-7-5-6-11-20-14)21-12-10-17-23-15-8-3-4-9-16(15)24-17;/h3-9,11H,2,10,12-13H2,1H3,(H,23,24)(H2,19,21,22);1H. The zero-order valence-electron chi connectivity index (χ0n) is 14.2. The molecule has 0 radical (unpaired) electrons. The summed E-state index contributed by atoms with van der Waals surface area (Å²) in [5, 5.41) is 6.58. The first-order valence-corrected chi connectivity index (χ1v) is 8.21. The van der Waals surface area contributed by atoms with Crippen LogP contribution in [-0.2, 0) is 13.0 Å². The molecule has 3 aromatic rings. The van der Waals surface area contributed by atoms with Gasteiger partial charge in [0.2, 0.25) is 0 Å². The minimum Gasteiger partial charge on any atom is -0.357 e. The van der Waals surface area contributed by atoms with E-state index in [-0.39, 0.29) is 24.0 Å². The van der Waals surface area contributed by atoms with Crippen molar-refractivity contribution in [3.05, 3.63) is 60.2 Å². The lowest BCUT2D eigenvalue weighted by molar-refractivity contribution is 0.778. The highest BCUT2D eigenvalue weighted by atomic mass is 127. The van der Waals surface area contributed by atoms with Crippen LogP contribution in [0.2, 0.25) is 0 Å². The third kappa shape index (κ3) is 5.70. The van der Waals surface area contributed by atoms with Crippen molar-refractivity contribution in [3.8, 4) is 0 Å². The molecule has 0 saturated carbocycles. The summed E-state index contributed by atoms with van der Waals surface area (Å²) in [6, 6.07) is 13.9. The number of pyridine rings is 1. The van der Waals surface area contributed by atoms with Crippen LogP contribution in [0.15, 0.2) is 53.7 Å². The Morgan fingerprint density at radius 1 is 1.12 bits per heavy atom. The molecule has 25 heavy (non-hydrogen) atoms. The minimum atomic E-state index is 0. The Morgan fingerprint density at radius 3 is 2.72 bits per heavy atom. The van der Waals surface area contributed by atoms with E-state index in [0.717, 1.165) is 48.0 Å². The first kappa shape index (κ1) is 19.2. The lowest BCUT2D eigenvalue weighted by Crippen LogP contribution is -2.38. The Balaban J connectivity index is 0.00000225. The van der Waals surface area contributed by atoms with E-state index in [4.69, 9.17) is 0 Å². The Kier molecular flexibility index (Phi) is 7.65. The van der Waals surface area contributed by atoms with Crippen molar-refractivity contribution in [1.29, 1.82) is 0 Å². The van der Waals surface area contributed by atoms with Gasteiger partial charge in [-0.2, -0.15) is 0 Å². The summed E-state index contributed by atoms with van der Waals surface area (Å²) in [5.74, 6) is 1.77. The van der Waals surface area contributed by atoms with Crippen molar-refractivity contribution in [1.82, 2.24) is 25.6 Å². The van der Waals surface area contributed by atoms with E-state index in [1.807, 2.05) is 42.5 Å². The molecule has 0 saturated heterocycles.